The van der Waals surface area contributed by atoms with Crippen molar-refractivity contribution in [2.24, 2.45) is 0 Å². The van der Waals surface area contributed by atoms with Crippen LogP contribution in [0.3, 0.4) is 0 Å². The van der Waals surface area contributed by atoms with Crippen molar-refractivity contribution in [2.45, 2.75) is 38.6 Å². The van der Waals surface area contributed by atoms with E-state index in [2.05, 4.69) is 5.32 Å². The van der Waals surface area contributed by atoms with E-state index in [1.807, 2.05) is 6.92 Å². The highest BCUT2D eigenvalue weighted by molar-refractivity contribution is 5.74. The molecule has 0 aromatic rings. The number of urea groups is 1. The summed E-state index contributed by atoms with van der Waals surface area (Å²) in [5, 5.41) is 11.1. The van der Waals surface area contributed by atoms with Crippen LogP contribution in [-0.2, 0) is 4.79 Å². The number of nitrogens with zero attached hydrogens (tertiary/aromatic N) is 1. The Balaban J connectivity index is 2.15. The van der Waals surface area contributed by atoms with Gasteiger partial charge in [0.05, 0.1) is 0 Å². The van der Waals surface area contributed by atoms with Crippen LogP contribution < -0.4 is 5.32 Å². The van der Waals surface area contributed by atoms with Gasteiger partial charge in [-0.1, -0.05) is 0 Å². The molecule has 2 N–H and O–H groups in total. The van der Waals surface area contributed by atoms with Gasteiger partial charge in [-0.05, 0) is 26.2 Å². The van der Waals surface area contributed by atoms with E-state index in [1.165, 1.54) is 0 Å². The number of carboxylic acids is 1. The molecule has 1 saturated heterocycles. The normalized spacial score (nSPS) is 20.3. The lowest BCUT2D eigenvalue weighted by molar-refractivity contribution is -0.137. The van der Waals surface area contributed by atoms with Crippen molar-refractivity contribution >= 4 is 12.0 Å². The van der Waals surface area contributed by atoms with Gasteiger partial charge in [0.2, 0.25) is 0 Å². The summed E-state index contributed by atoms with van der Waals surface area (Å²) in [7, 11) is 0. The quantitative estimate of drug-likeness (QED) is 0.687. The highest BCUT2D eigenvalue weighted by atomic mass is 16.4. The fraction of sp³-hybridized carbons (Fsp3) is 0.800. The van der Waals surface area contributed by atoms with E-state index >= 15 is 0 Å². The number of aliphatic carboxylic acids is 1. The number of rotatable bonds is 4. The van der Waals surface area contributed by atoms with Gasteiger partial charge in [0.25, 0.3) is 0 Å². The molecule has 0 bridgehead atoms. The standard InChI is InChI=1S/C10H18N2O3/c1-8-4-3-7-12(8)10(15)11-6-2-5-9(13)14/h8H,2-7H2,1H3,(H,11,15)(H,13,14). The number of hydrogen-bond donors (Lipinski definition) is 2. The Morgan fingerprint density at radius 2 is 2.27 bits per heavy atom. The number of carbonyl (C=O) groups excluding carboxylic acids is 1. The number of carboxylic acid groups (broad SMARTS) is 1. The van der Waals surface area contributed by atoms with Crippen LogP contribution in [0.4, 0.5) is 4.79 Å². The van der Waals surface area contributed by atoms with Gasteiger partial charge in [-0.2, -0.15) is 0 Å². The lowest BCUT2D eigenvalue weighted by Crippen LogP contribution is -2.42. The van der Waals surface area contributed by atoms with Crippen molar-refractivity contribution in [3.63, 3.8) is 0 Å². The Bertz CT molecular complexity index is 243. The maximum atomic E-state index is 11.6. The third kappa shape index (κ3) is 3.77. The molecular formula is C10H18N2O3. The van der Waals surface area contributed by atoms with Crippen molar-refractivity contribution in [3.05, 3.63) is 0 Å². The van der Waals surface area contributed by atoms with Crippen molar-refractivity contribution in [1.29, 1.82) is 0 Å². The van der Waals surface area contributed by atoms with E-state index in [0.29, 0.717) is 19.0 Å². The van der Waals surface area contributed by atoms with Crippen molar-refractivity contribution in [2.75, 3.05) is 13.1 Å². The molecule has 0 aromatic heterocycles. The van der Waals surface area contributed by atoms with E-state index in [0.717, 1.165) is 19.4 Å². The van der Waals surface area contributed by atoms with Crippen LogP contribution in [0.1, 0.15) is 32.6 Å². The smallest absolute Gasteiger partial charge is 0.317 e. The lowest BCUT2D eigenvalue weighted by atomic mass is 10.2. The van der Waals surface area contributed by atoms with Crippen molar-refractivity contribution in [3.8, 4) is 0 Å². The van der Waals surface area contributed by atoms with Crippen LogP contribution in [0.25, 0.3) is 0 Å². The molecule has 1 aliphatic rings. The Morgan fingerprint density at radius 3 is 2.80 bits per heavy atom. The van der Waals surface area contributed by atoms with Gasteiger partial charge in [0.1, 0.15) is 0 Å². The average molecular weight is 214 g/mol. The predicted molar refractivity (Wildman–Crippen MR) is 55.7 cm³/mol. The van der Waals surface area contributed by atoms with Crippen LogP contribution in [0.15, 0.2) is 0 Å². The fourth-order valence-corrected chi connectivity index (χ4v) is 1.77. The molecule has 1 heterocycles. The second-order valence-corrected chi connectivity index (χ2v) is 3.91. The molecule has 1 rings (SSSR count). The van der Waals surface area contributed by atoms with Gasteiger partial charge in [-0.25, -0.2) is 4.79 Å². The molecule has 1 unspecified atom stereocenters. The first-order valence-corrected chi connectivity index (χ1v) is 5.37. The van der Waals surface area contributed by atoms with Gasteiger partial charge in [0, 0.05) is 25.6 Å². The van der Waals surface area contributed by atoms with Crippen molar-refractivity contribution < 1.29 is 14.7 Å². The largest absolute Gasteiger partial charge is 0.481 e. The summed E-state index contributed by atoms with van der Waals surface area (Å²) >= 11 is 0. The molecular weight excluding hydrogens is 196 g/mol. The minimum absolute atomic E-state index is 0.0645. The number of nitrogens with one attached hydrogen (secondary N) is 1. The Hall–Kier alpha value is -1.26. The van der Waals surface area contributed by atoms with Crippen molar-refractivity contribution in [1.82, 2.24) is 10.2 Å². The molecule has 0 saturated carbocycles. The lowest BCUT2D eigenvalue weighted by Gasteiger charge is -2.21. The van der Waals surface area contributed by atoms with Gasteiger partial charge < -0.3 is 15.3 Å². The minimum Gasteiger partial charge on any atom is -0.481 e. The summed E-state index contributed by atoms with van der Waals surface area (Å²) in [6.45, 7) is 3.28. The van der Waals surface area contributed by atoms with E-state index < -0.39 is 5.97 Å². The summed E-state index contributed by atoms with van der Waals surface area (Å²) < 4.78 is 0. The molecule has 0 radical (unpaired) electrons. The third-order valence-corrected chi connectivity index (χ3v) is 2.66. The molecule has 1 fully saturated rings. The number of likely N-dealkylation sites (tertiary alicyclic amines) is 1. The molecule has 15 heavy (non-hydrogen) atoms. The zero-order chi connectivity index (χ0) is 11.3. The Morgan fingerprint density at radius 1 is 1.53 bits per heavy atom. The first-order chi connectivity index (χ1) is 7.11. The first-order valence-electron chi connectivity index (χ1n) is 5.37. The first kappa shape index (κ1) is 11.8. The molecule has 0 aliphatic carbocycles. The average Bonchev–Trinajstić information content (AvgIpc) is 2.58. The molecule has 5 heteroatoms. The highest BCUT2D eigenvalue weighted by Gasteiger charge is 2.24. The molecule has 5 nitrogen and oxygen atoms in total. The van der Waals surface area contributed by atoms with Gasteiger partial charge in [-0.3, -0.25) is 4.79 Å². The Kier molecular flexibility index (Phi) is 4.39. The molecule has 86 valence electrons. The molecule has 0 spiro atoms. The minimum atomic E-state index is -0.821. The SMILES string of the molecule is CC1CCCN1C(=O)NCCCC(=O)O. The van der Waals surface area contributed by atoms with Crippen LogP contribution in [0.5, 0.6) is 0 Å². The molecule has 1 atom stereocenters. The number of amides is 2. The van der Waals surface area contributed by atoms with Crippen LogP contribution >= 0.6 is 0 Å². The number of hydrogen-bond acceptors (Lipinski definition) is 2. The van der Waals surface area contributed by atoms with Crippen LogP contribution in [0, 0.1) is 0 Å². The third-order valence-electron chi connectivity index (χ3n) is 2.66. The zero-order valence-electron chi connectivity index (χ0n) is 9.03. The number of carbonyl (C=O) groups is 2. The topological polar surface area (TPSA) is 69.6 Å². The zero-order valence-corrected chi connectivity index (χ0v) is 9.03. The summed E-state index contributed by atoms with van der Waals surface area (Å²) in [5.74, 6) is -0.821. The predicted octanol–water partition coefficient (Wildman–Crippen LogP) is 1.05. The van der Waals surface area contributed by atoms with E-state index in [-0.39, 0.29) is 12.5 Å². The second-order valence-electron chi connectivity index (χ2n) is 3.91. The van der Waals surface area contributed by atoms with Crippen LogP contribution in [0.2, 0.25) is 0 Å². The summed E-state index contributed by atoms with van der Waals surface area (Å²) in [6.07, 6.45) is 2.71. The summed E-state index contributed by atoms with van der Waals surface area (Å²) in [4.78, 5) is 23.6. The van der Waals surface area contributed by atoms with Gasteiger partial charge >= 0.3 is 12.0 Å². The maximum absolute atomic E-state index is 11.6. The summed E-state index contributed by atoms with van der Waals surface area (Å²) in [5.41, 5.74) is 0. The Labute approximate surface area is 89.4 Å². The van der Waals surface area contributed by atoms with Gasteiger partial charge in [0.15, 0.2) is 0 Å². The second kappa shape index (κ2) is 5.58. The highest BCUT2D eigenvalue weighted by Crippen LogP contribution is 2.15. The molecule has 1 aliphatic heterocycles. The van der Waals surface area contributed by atoms with E-state index in [9.17, 15) is 9.59 Å². The molecule has 2 amide bonds. The summed E-state index contributed by atoms with van der Waals surface area (Å²) in [6, 6.07) is 0.245. The van der Waals surface area contributed by atoms with Crippen LogP contribution in [-0.4, -0.2) is 41.1 Å². The monoisotopic (exact) mass is 214 g/mol. The van der Waals surface area contributed by atoms with E-state index in [4.69, 9.17) is 5.11 Å². The van der Waals surface area contributed by atoms with Gasteiger partial charge in [-0.15, -0.1) is 0 Å². The van der Waals surface area contributed by atoms with E-state index in [1.54, 1.807) is 4.90 Å². The fourth-order valence-electron chi connectivity index (χ4n) is 1.77. The maximum Gasteiger partial charge on any atom is 0.317 e. The molecule has 0 aromatic carbocycles.